The topological polar surface area (TPSA) is 41.8 Å². The van der Waals surface area contributed by atoms with Crippen LogP contribution in [0, 0.1) is 0 Å². The Morgan fingerprint density at radius 2 is 2.19 bits per heavy atom. The van der Waals surface area contributed by atoms with Gasteiger partial charge in [-0.3, -0.25) is 0 Å². The molecule has 2 atom stereocenters. The number of rotatable bonds is 2. The normalized spacial score (nSPS) is 26.7. The number of halogens is 4. The Morgan fingerprint density at radius 1 is 1.48 bits per heavy atom. The van der Waals surface area contributed by atoms with Gasteiger partial charge in [-0.25, -0.2) is 4.99 Å². The van der Waals surface area contributed by atoms with Crippen LogP contribution in [-0.2, 0) is 12.1 Å². The summed E-state index contributed by atoms with van der Waals surface area (Å²) in [6, 6.07) is 4.60. The van der Waals surface area contributed by atoms with E-state index in [1.807, 2.05) is 6.92 Å². The van der Waals surface area contributed by atoms with Gasteiger partial charge in [-0.1, -0.05) is 6.07 Å². The molecule has 0 aromatic heterocycles. The molecule has 0 saturated heterocycles. The Hall–Kier alpha value is -0.730. The first-order chi connectivity index (χ1) is 9.28. The van der Waals surface area contributed by atoms with Crippen LogP contribution in [0.4, 0.5) is 13.2 Å². The molecule has 0 spiro atoms. The fourth-order valence-electron chi connectivity index (χ4n) is 2.60. The predicted molar refractivity (Wildman–Crippen MR) is 80.4 cm³/mol. The second kappa shape index (κ2) is 5.48. The van der Waals surface area contributed by atoms with Crippen LogP contribution in [0.3, 0.4) is 0 Å². The van der Waals surface area contributed by atoms with Crippen molar-refractivity contribution in [1.29, 1.82) is 0 Å². The summed E-state index contributed by atoms with van der Waals surface area (Å²) in [6.45, 7) is 0.521. The number of hydrogen-bond donors (Lipinski definition) is 1. The molecule has 3 rings (SSSR count). The SMILES string of the molecule is Br.CC1=NC2(O)c3ccc(OCC(F)(F)F)cc3CC2S1. The van der Waals surface area contributed by atoms with Crippen molar-refractivity contribution in [3.8, 4) is 5.75 Å². The van der Waals surface area contributed by atoms with E-state index in [-0.39, 0.29) is 28.0 Å². The molecule has 0 fully saturated rings. The predicted octanol–water partition coefficient (Wildman–Crippen LogP) is 3.44. The zero-order valence-electron chi connectivity index (χ0n) is 11.0. The number of aliphatic imine (C=N–C) groups is 1. The molecule has 1 aromatic rings. The summed E-state index contributed by atoms with van der Waals surface area (Å²) >= 11 is 1.49. The number of hydrogen-bond acceptors (Lipinski definition) is 4. The molecule has 2 unspecified atom stereocenters. The standard InChI is InChI=1S/C13H12F3NO2S.BrH/c1-7-17-13(18)10-3-2-9(19-6-12(14,15)16)4-8(10)5-11(13)20-7;/h2-4,11,18H,5-6H2,1H3;1H. The lowest BCUT2D eigenvalue weighted by molar-refractivity contribution is -0.153. The van der Waals surface area contributed by atoms with E-state index < -0.39 is 18.5 Å². The van der Waals surface area contributed by atoms with Crippen LogP contribution < -0.4 is 4.74 Å². The molecule has 1 aromatic carbocycles. The Kier molecular flexibility index (Phi) is 4.34. The van der Waals surface area contributed by atoms with Gasteiger partial charge in [0, 0.05) is 5.56 Å². The van der Waals surface area contributed by atoms with Crippen molar-refractivity contribution in [2.45, 2.75) is 30.5 Å². The van der Waals surface area contributed by atoms with Gasteiger partial charge >= 0.3 is 6.18 Å². The van der Waals surface area contributed by atoms with Gasteiger partial charge in [-0.15, -0.1) is 28.7 Å². The van der Waals surface area contributed by atoms with Crippen molar-refractivity contribution in [3.63, 3.8) is 0 Å². The fourth-order valence-corrected chi connectivity index (χ4v) is 3.81. The largest absolute Gasteiger partial charge is 0.484 e. The minimum absolute atomic E-state index is 0. The van der Waals surface area contributed by atoms with Crippen LogP contribution in [-0.4, -0.2) is 28.2 Å². The number of ether oxygens (including phenoxy) is 1. The van der Waals surface area contributed by atoms with Crippen LogP contribution in [0.5, 0.6) is 5.75 Å². The molecule has 21 heavy (non-hydrogen) atoms. The molecule has 1 aliphatic carbocycles. The summed E-state index contributed by atoms with van der Waals surface area (Å²) in [4.78, 5) is 4.25. The monoisotopic (exact) mass is 383 g/mol. The van der Waals surface area contributed by atoms with E-state index in [1.165, 1.54) is 17.8 Å². The molecular formula is C13H13BrF3NO2S. The Morgan fingerprint density at radius 3 is 2.86 bits per heavy atom. The first-order valence-corrected chi connectivity index (χ1v) is 6.94. The number of alkyl halides is 3. The Balaban J connectivity index is 0.00000161. The highest BCUT2D eigenvalue weighted by Crippen LogP contribution is 2.49. The molecule has 1 aliphatic heterocycles. The summed E-state index contributed by atoms with van der Waals surface area (Å²) in [5.74, 6) is 0.162. The highest BCUT2D eigenvalue weighted by molar-refractivity contribution is 8.93. The van der Waals surface area contributed by atoms with Gasteiger partial charge in [0.25, 0.3) is 0 Å². The van der Waals surface area contributed by atoms with Crippen molar-refractivity contribution < 1.29 is 23.0 Å². The zero-order valence-corrected chi connectivity index (χ0v) is 13.5. The molecule has 2 aliphatic rings. The highest BCUT2D eigenvalue weighted by Gasteiger charge is 2.49. The van der Waals surface area contributed by atoms with E-state index in [4.69, 9.17) is 4.74 Å². The minimum Gasteiger partial charge on any atom is -0.484 e. The van der Waals surface area contributed by atoms with E-state index >= 15 is 0 Å². The van der Waals surface area contributed by atoms with Crippen LogP contribution in [0.2, 0.25) is 0 Å². The zero-order chi connectivity index (χ0) is 14.5. The molecule has 0 radical (unpaired) electrons. The van der Waals surface area contributed by atoms with Gasteiger partial charge < -0.3 is 9.84 Å². The van der Waals surface area contributed by atoms with Crippen molar-refractivity contribution >= 4 is 33.8 Å². The fraction of sp³-hybridized carbons (Fsp3) is 0.462. The summed E-state index contributed by atoms with van der Waals surface area (Å²) in [7, 11) is 0. The minimum atomic E-state index is -4.36. The van der Waals surface area contributed by atoms with Gasteiger partial charge in [-0.2, -0.15) is 13.2 Å². The van der Waals surface area contributed by atoms with E-state index in [1.54, 1.807) is 12.1 Å². The smallest absolute Gasteiger partial charge is 0.422 e. The van der Waals surface area contributed by atoms with Crippen LogP contribution >= 0.6 is 28.7 Å². The molecule has 0 amide bonds. The summed E-state index contributed by atoms with van der Waals surface area (Å²) in [5.41, 5.74) is 0.208. The Labute approximate surface area is 134 Å². The number of nitrogens with zero attached hydrogens (tertiary/aromatic N) is 1. The van der Waals surface area contributed by atoms with Gasteiger partial charge in [0.15, 0.2) is 12.3 Å². The van der Waals surface area contributed by atoms with Crippen LogP contribution in [0.15, 0.2) is 23.2 Å². The van der Waals surface area contributed by atoms with Gasteiger partial charge in [0.2, 0.25) is 0 Å². The second-order valence-corrected chi connectivity index (χ2v) is 6.29. The molecule has 0 bridgehead atoms. The maximum absolute atomic E-state index is 12.1. The maximum atomic E-state index is 12.1. The molecule has 1 N–H and O–H groups in total. The van der Waals surface area contributed by atoms with Gasteiger partial charge in [0.1, 0.15) is 5.75 Å². The van der Waals surface area contributed by atoms with Crippen molar-refractivity contribution in [3.05, 3.63) is 29.3 Å². The average molecular weight is 384 g/mol. The van der Waals surface area contributed by atoms with Crippen molar-refractivity contribution in [2.24, 2.45) is 4.99 Å². The summed E-state index contributed by atoms with van der Waals surface area (Å²) in [6.07, 6.45) is -3.79. The lowest BCUT2D eigenvalue weighted by Crippen LogP contribution is -2.27. The van der Waals surface area contributed by atoms with Crippen LogP contribution in [0.1, 0.15) is 18.1 Å². The first-order valence-electron chi connectivity index (χ1n) is 6.06. The lowest BCUT2D eigenvalue weighted by Gasteiger charge is -2.19. The van der Waals surface area contributed by atoms with Gasteiger partial charge in [0.05, 0.1) is 10.3 Å². The van der Waals surface area contributed by atoms with Crippen LogP contribution in [0.25, 0.3) is 0 Å². The summed E-state index contributed by atoms with van der Waals surface area (Å²) in [5, 5.41) is 11.3. The van der Waals surface area contributed by atoms with E-state index in [2.05, 4.69) is 4.99 Å². The summed E-state index contributed by atoms with van der Waals surface area (Å²) < 4.78 is 41.1. The van der Waals surface area contributed by atoms with E-state index in [9.17, 15) is 18.3 Å². The second-order valence-electron chi connectivity index (χ2n) is 4.89. The highest BCUT2D eigenvalue weighted by atomic mass is 79.9. The number of benzene rings is 1. The molecule has 8 heteroatoms. The van der Waals surface area contributed by atoms with Crippen molar-refractivity contribution in [1.82, 2.24) is 0 Å². The number of aliphatic hydroxyl groups is 1. The third-order valence-corrected chi connectivity index (χ3v) is 4.58. The van der Waals surface area contributed by atoms with E-state index in [0.29, 0.717) is 12.0 Å². The maximum Gasteiger partial charge on any atom is 0.422 e. The first kappa shape index (κ1) is 16.6. The molecule has 3 nitrogen and oxygen atoms in total. The number of thioether (sulfide) groups is 1. The van der Waals surface area contributed by atoms with Gasteiger partial charge in [-0.05, 0) is 31.0 Å². The number of fused-ring (bicyclic) bond motifs is 3. The molecule has 0 saturated carbocycles. The molecule has 116 valence electrons. The quantitative estimate of drug-likeness (QED) is 0.850. The lowest BCUT2D eigenvalue weighted by atomic mass is 10.1. The third kappa shape index (κ3) is 3.07. The average Bonchev–Trinajstić information content (AvgIpc) is 2.74. The van der Waals surface area contributed by atoms with E-state index in [0.717, 1.165) is 10.6 Å². The third-order valence-electron chi connectivity index (χ3n) is 3.37. The molecule has 1 heterocycles. The molecular weight excluding hydrogens is 371 g/mol. The Bertz CT molecular complexity index is 593. The van der Waals surface area contributed by atoms with Crippen molar-refractivity contribution in [2.75, 3.05) is 6.61 Å².